The molecule has 0 aromatic carbocycles. The van der Waals surface area contributed by atoms with Gasteiger partial charge in [-0.05, 0) is 31.9 Å². The average Bonchev–Trinajstić information content (AvgIpc) is 3.07. The Morgan fingerprint density at radius 3 is 2.67 bits per heavy atom. The van der Waals surface area contributed by atoms with E-state index >= 15 is 0 Å². The molecule has 2 atom stereocenters. The molecule has 150 valence electrons. The van der Waals surface area contributed by atoms with Crippen LogP contribution < -0.4 is 5.32 Å². The molecule has 1 spiro atoms. The number of furan rings is 1. The maximum atomic E-state index is 11.5. The molecule has 0 bridgehead atoms. The number of aliphatic hydroxyl groups is 1. The number of hydrogen-bond donors (Lipinski definition) is 2. The second-order valence-corrected chi connectivity index (χ2v) is 7.81. The van der Waals surface area contributed by atoms with E-state index in [1.165, 1.54) is 14.0 Å². The summed E-state index contributed by atoms with van der Waals surface area (Å²) >= 11 is 0. The van der Waals surface area contributed by atoms with E-state index in [9.17, 15) is 14.7 Å². The summed E-state index contributed by atoms with van der Waals surface area (Å²) < 4.78 is 16.3. The SMILES string of the molecule is COC(=O)c1ccc(CN2CCC3(CC2)C[C@](C)(O)[C@@H](NC(C)=O)CO3)o1. The molecule has 0 unspecified atom stereocenters. The lowest BCUT2D eigenvalue weighted by Crippen LogP contribution is -2.63. The van der Waals surface area contributed by atoms with Gasteiger partial charge in [-0.3, -0.25) is 9.69 Å². The lowest BCUT2D eigenvalue weighted by molar-refractivity contribution is -0.189. The van der Waals surface area contributed by atoms with Crippen LogP contribution in [0.3, 0.4) is 0 Å². The Labute approximate surface area is 158 Å². The Balaban J connectivity index is 1.55. The van der Waals surface area contributed by atoms with Crippen LogP contribution in [0.15, 0.2) is 16.5 Å². The number of nitrogens with zero attached hydrogens (tertiary/aromatic N) is 1. The maximum Gasteiger partial charge on any atom is 0.373 e. The molecule has 0 aliphatic carbocycles. The largest absolute Gasteiger partial charge is 0.463 e. The summed E-state index contributed by atoms with van der Waals surface area (Å²) in [6.07, 6.45) is 2.08. The first-order valence-corrected chi connectivity index (χ1v) is 9.26. The number of carbonyl (C=O) groups excluding carboxylic acids is 2. The Kier molecular flexibility index (Phi) is 5.60. The number of methoxy groups -OCH3 is 1. The van der Waals surface area contributed by atoms with Gasteiger partial charge in [0.05, 0.1) is 37.5 Å². The van der Waals surface area contributed by atoms with Gasteiger partial charge in [-0.15, -0.1) is 0 Å². The molecule has 2 aliphatic rings. The third-order valence-corrected chi connectivity index (χ3v) is 5.56. The second kappa shape index (κ2) is 7.61. The van der Waals surface area contributed by atoms with Gasteiger partial charge in [-0.2, -0.15) is 0 Å². The maximum absolute atomic E-state index is 11.5. The van der Waals surface area contributed by atoms with Crippen molar-refractivity contribution in [2.45, 2.75) is 56.9 Å². The molecule has 3 rings (SSSR count). The summed E-state index contributed by atoms with van der Waals surface area (Å²) in [5.41, 5.74) is -1.36. The third-order valence-electron chi connectivity index (χ3n) is 5.56. The first-order valence-electron chi connectivity index (χ1n) is 9.26. The van der Waals surface area contributed by atoms with Crippen LogP contribution in [0.25, 0.3) is 0 Å². The van der Waals surface area contributed by atoms with Gasteiger partial charge >= 0.3 is 5.97 Å². The topological polar surface area (TPSA) is 101 Å². The van der Waals surface area contributed by atoms with Crippen LogP contribution in [0.5, 0.6) is 0 Å². The van der Waals surface area contributed by atoms with Gasteiger partial charge < -0.3 is 24.3 Å². The van der Waals surface area contributed by atoms with Gasteiger partial charge in [0.25, 0.3) is 0 Å². The predicted octanol–water partition coefficient (Wildman–Crippen LogP) is 1.08. The van der Waals surface area contributed by atoms with Gasteiger partial charge in [0.15, 0.2) is 0 Å². The molecular formula is C19H28N2O6. The van der Waals surface area contributed by atoms with Crippen LogP contribution in [0, 0.1) is 0 Å². The van der Waals surface area contributed by atoms with Gasteiger partial charge in [-0.25, -0.2) is 4.79 Å². The Bertz CT molecular complexity index is 690. The van der Waals surface area contributed by atoms with Crippen LogP contribution in [0.4, 0.5) is 0 Å². The fourth-order valence-electron chi connectivity index (χ4n) is 4.04. The molecule has 27 heavy (non-hydrogen) atoms. The molecule has 1 aromatic heterocycles. The molecule has 1 amide bonds. The van der Waals surface area contributed by atoms with Gasteiger partial charge in [0, 0.05) is 26.4 Å². The molecule has 8 heteroatoms. The highest BCUT2D eigenvalue weighted by atomic mass is 16.5. The van der Waals surface area contributed by atoms with E-state index in [4.69, 9.17) is 9.15 Å². The van der Waals surface area contributed by atoms with E-state index in [1.807, 2.05) is 0 Å². The Hall–Kier alpha value is -1.90. The summed E-state index contributed by atoms with van der Waals surface area (Å²) in [4.78, 5) is 25.0. The molecule has 2 aliphatic heterocycles. The van der Waals surface area contributed by atoms with E-state index in [0.717, 1.165) is 25.9 Å². The quantitative estimate of drug-likeness (QED) is 0.754. The third kappa shape index (κ3) is 4.51. The van der Waals surface area contributed by atoms with Crippen molar-refractivity contribution in [3.63, 3.8) is 0 Å². The van der Waals surface area contributed by atoms with Crippen molar-refractivity contribution >= 4 is 11.9 Å². The number of piperidine rings is 1. The molecule has 2 fully saturated rings. The number of hydrogen-bond acceptors (Lipinski definition) is 7. The monoisotopic (exact) mass is 380 g/mol. The van der Waals surface area contributed by atoms with Gasteiger partial charge in [0.1, 0.15) is 5.76 Å². The highest BCUT2D eigenvalue weighted by Gasteiger charge is 2.49. The molecule has 1 aromatic rings. The van der Waals surface area contributed by atoms with E-state index in [2.05, 4.69) is 15.0 Å². The van der Waals surface area contributed by atoms with Crippen molar-refractivity contribution in [1.82, 2.24) is 10.2 Å². The summed E-state index contributed by atoms with van der Waals surface area (Å²) in [5, 5.41) is 13.6. The first-order chi connectivity index (χ1) is 12.7. The molecule has 0 radical (unpaired) electrons. The second-order valence-electron chi connectivity index (χ2n) is 7.81. The van der Waals surface area contributed by atoms with E-state index in [-0.39, 0.29) is 17.3 Å². The molecule has 2 saturated heterocycles. The fraction of sp³-hybridized carbons (Fsp3) is 0.684. The number of likely N-dealkylation sites (tertiary alicyclic amines) is 1. The van der Waals surface area contributed by atoms with Crippen LogP contribution in [0.1, 0.15) is 49.4 Å². The molecule has 8 nitrogen and oxygen atoms in total. The highest BCUT2D eigenvalue weighted by molar-refractivity contribution is 5.86. The Morgan fingerprint density at radius 1 is 1.37 bits per heavy atom. The fourth-order valence-corrected chi connectivity index (χ4v) is 4.04. The molecule has 0 saturated carbocycles. The number of carbonyl (C=O) groups is 2. The first kappa shape index (κ1) is 19.9. The van der Waals surface area contributed by atoms with Crippen molar-refractivity contribution in [2.75, 3.05) is 26.8 Å². The zero-order valence-corrected chi connectivity index (χ0v) is 16.1. The minimum Gasteiger partial charge on any atom is -0.463 e. The normalized spacial score (nSPS) is 28.1. The number of amides is 1. The van der Waals surface area contributed by atoms with Crippen molar-refractivity contribution in [3.8, 4) is 0 Å². The average molecular weight is 380 g/mol. The number of esters is 1. The summed E-state index contributed by atoms with van der Waals surface area (Å²) in [5.74, 6) is 0.273. The smallest absolute Gasteiger partial charge is 0.373 e. The van der Waals surface area contributed by atoms with Gasteiger partial charge in [-0.1, -0.05) is 0 Å². The highest BCUT2D eigenvalue weighted by Crippen LogP contribution is 2.39. The van der Waals surface area contributed by atoms with Crippen molar-refractivity contribution in [1.29, 1.82) is 0 Å². The van der Waals surface area contributed by atoms with Crippen LogP contribution in [0.2, 0.25) is 0 Å². The minimum atomic E-state index is -0.998. The van der Waals surface area contributed by atoms with Gasteiger partial charge in [0.2, 0.25) is 11.7 Å². The number of nitrogens with one attached hydrogen (secondary N) is 1. The van der Waals surface area contributed by atoms with Crippen molar-refractivity contribution in [2.24, 2.45) is 0 Å². The minimum absolute atomic E-state index is 0.167. The van der Waals surface area contributed by atoms with Crippen molar-refractivity contribution < 1.29 is 28.6 Å². The van der Waals surface area contributed by atoms with E-state index < -0.39 is 17.6 Å². The zero-order valence-electron chi connectivity index (χ0n) is 16.1. The Morgan fingerprint density at radius 2 is 2.07 bits per heavy atom. The van der Waals surface area contributed by atoms with E-state index in [1.54, 1.807) is 19.1 Å². The lowest BCUT2D eigenvalue weighted by atomic mass is 9.75. The van der Waals surface area contributed by atoms with Crippen LogP contribution in [-0.2, 0) is 20.8 Å². The van der Waals surface area contributed by atoms with Crippen LogP contribution >= 0.6 is 0 Å². The molecular weight excluding hydrogens is 352 g/mol. The van der Waals surface area contributed by atoms with Crippen LogP contribution in [-0.4, -0.2) is 65.9 Å². The van der Waals surface area contributed by atoms with E-state index in [0.29, 0.717) is 25.3 Å². The lowest BCUT2D eigenvalue weighted by Gasteiger charge is -2.51. The summed E-state index contributed by atoms with van der Waals surface area (Å²) in [6.45, 7) is 5.73. The van der Waals surface area contributed by atoms with Crippen molar-refractivity contribution in [3.05, 3.63) is 23.7 Å². The molecule has 3 heterocycles. The zero-order chi connectivity index (χ0) is 19.7. The summed E-state index contributed by atoms with van der Waals surface area (Å²) in [6, 6.07) is 3.02. The number of ether oxygens (including phenoxy) is 2. The predicted molar refractivity (Wildman–Crippen MR) is 96.1 cm³/mol. The number of rotatable bonds is 4. The standard InChI is InChI=1S/C19H28N2O6/c1-13(22)20-16-11-26-19(12-18(16,2)24)6-8-21(9-7-19)10-14-4-5-15(27-14)17(23)25-3/h4-5,16,24H,6-12H2,1-3H3,(H,20,22)/t16-,18-/m0/s1. The summed E-state index contributed by atoms with van der Waals surface area (Å²) in [7, 11) is 1.32. The molecule has 2 N–H and O–H groups in total.